The van der Waals surface area contributed by atoms with E-state index in [0.717, 1.165) is 29.0 Å². The Labute approximate surface area is 179 Å². The second kappa shape index (κ2) is 8.59. The van der Waals surface area contributed by atoms with E-state index in [0.29, 0.717) is 11.1 Å². The third-order valence-corrected chi connectivity index (χ3v) is 5.59. The first kappa shape index (κ1) is 20.6. The molecule has 160 valence electrons. The van der Waals surface area contributed by atoms with Gasteiger partial charge in [0.25, 0.3) is 5.91 Å². The molecular weight excluding hydrogens is 398 g/mol. The number of fused-ring (bicyclic) bond motifs is 1. The lowest BCUT2D eigenvalue weighted by Crippen LogP contribution is -2.44. The molecule has 4 amide bonds. The number of ether oxygens (including phenoxy) is 1. The number of imide groups is 1. The van der Waals surface area contributed by atoms with E-state index in [9.17, 15) is 19.2 Å². The Morgan fingerprint density at radius 3 is 2.55 bits per heavy atom. The Morgan fingerprint density at radius 2 is 1.84 bits per heavy atom. The number of nitrogens with one attached hydrogen (secondary N) is 1. The highest BCUT2D eigenvalue weighted by Crippen LogP contribution is 2.30. The van der Waals surface area contributed by atoms with Crippen LogP contribution in [0.1, 0.15) is 34.8 Å². The SMILES string of the molecule is CC1CCc2ccccc2N1C(=O)COC(=O)c1ccc(CN2C(=O)CNC2=O)cc1. The van der Waals surface area contributed by atoms with Crippen molar-refractivity contribution in [3.05, 3.63) is 65.2 Å². The van der Waals surface area contributed by atoms with Gasteiger partial charge >= 0.3 is 12.0 Å². The van der Waals surface area contributed by atoms with Gasteiger partial charge in [-0.3, -0.25) is 14.5 Å². The summed E-state index contributed by atoms with van der Waals surface area (Å²) in [6.07, 6.45) is 1.77. The molecule has 8 nitrogen and oxygen atoms in total. The highest BCUT2D eigenvalue weighted by atomic mass is 16.5. The highest BCUT2D eigenvalue weighted by molar-refractivity contribution is 6.02. The zero-order valence-corrected chi connectivity index (χ0v) is 17.2. The van der Waals surface area contributed by atoms with Crippen LogP contribution in [0.4, 0.5) is 10.5 Å². The van der Waals surface area contributed by atoms with E-state index in [1.807, 2.05) is 31.2 Å². The van der Waals surface area contributed by atoms with Gasteiger partial charge in [-0.05, 0) is 49.1 Å². The molecule has 1 atom stereocenters. The van der Waals surface area contributed by atoms with Gasteiger partial charge in [-0.15, -0.1) is 0 Å². The molecule has 2 aromatic rings. The summed E-state index contributed by atoms with van der Waals surface area (Å²) in [4.78, 5) is 51.3. The number of benzene rings is 2. The van der Waals surface area contributed by atoms with Gasteiger partial charge in [0.15, 0.2) is 6.61 Å². The summed E-state index contributed by atoms with van der Waals surface area (Å²) in [7, 11) is 0. The van der Waals surface area contributed by atoms with Crippen LogP contribution < -0.4 is 10.2 Å². The number of hydrogen-bond acceptors (Lipinski definition) is 5. The van der Waals surface area contributed by atoms with Crippen molar-refractivity contribution in [2.24, 2.45) is 0 Å². The van der Waals surface area contributed by atoms with Gasteiger partial charge in [0, 0.05) is 11.7 Å². The Morgan fingerprint density at radius 1 is 1.10 bits per heavy atom. The van der Waals surface area contributed by atoms with Crippen molar-refractivity contribution >= 4 is 29.5 Å². The van der Waals surface area contributed by atoms with Crippen molar-refractivity contribution in [3.8, 4) is 0 Å². The van der Waals surface area contributed by atoms with Crippen molar-refractivity contribution in [1.29, 1.82) is 0 Å². The number of esters is 1. The van der Waals surface area contributed by atoms with Crippen molar-refractivity contribution in [2.45, 2.75) is 32.4 Å². The van der Waals surface area contributed by atoms with E-state index >= 15 is 0 Å². The van der Waals surface area contributed by atoms with Gasteiger partial charge in [-0.2, -0.15) is 0 Å². The molecule has 1 saturated heterocycles. The minimum atomic E-state index is -0.604. The third kappa shape index (κ3) is 4.28. The van der Waals surface area contributed by atoms with Crippen LogP contribution in [-0.2, 0) is 27.3 Å². The van der Waals surface area contributed by atoms with E-state index in [-0.39, 0.29) is 37.6 Å². The minimum absolute atomic E-state index is 0.00260. The summed E-state index contributed by atoms with van der Waals surface area (Å²) in [6.45, 7) is 1.77. The minimum Gasteiger partial charge on any atom is -0.452 e. The zero-order valence-electron chi connectivity index (χ0n) is 17.2. The number of hydrogen-bond donors (Lipinski definition) is 1. The fourth-order valence-electron chi connectivity index (χ4n) is 3.89. The maximum absolute atomic E-state index is 12.8. The molecule has 1 unspecified atom stereocenters. The van der Waals surface area contributed by atoms with Crippen LogP contribution in [0, 0.1) is 0 Å². The molecule has 0 saturated carbocycles. The van der Waals surface area contributed by atoms with Gasteiger partial charge in [-0.25, -0.2) is 9.59 Å². The zero-order chi connectivity index (χ0) is 22.0. The number of anilines is 1. The first-order valence-electron chi connectivity index (χ1n) is 10.2. The fourth-order valence-corrected chi connectivity index (χ4v) is 3.89. The highest BCUT2D eigenvalue weighted by Gasteiger charge is 2.29. The molecule has 1 fully saturated rings. The number of aryl methyl sites for hydroxylation is 1. The molecule has 1 N–H and O–H groups in total. The number of carbonyl (C=O) groups is 4. The molecule has 31 heavy (non-hydrogen) atoms. The van der Waals surface area contributed by atoms with Crippen LogP contribution in [0.5, 0.6) is 0 Å². The predicted molar refractivity (Wildman–Crippen MR) is 112 cm³/mol. The number of nitrogens with zero attached hydrogens (tertiary/aromatic N) is 2. The lowest BCUT2D eigenvalue weighted by Gasteiger charge is -2.35. The monoisotopic (exact) mass is 421 g/mol. The van der Waals surface area contributed by atoms with Crippen LogP contribution in [-0.4, -0.2) is 47.9 Å². The summed E-state index contributed by atoms with van der Waals surface area (Å²) in [5, 5.41) is 2.46. The van der Waals surface area contributed by atoms with Crippen molar-refractivity contribution < 1.29 is 23.9 Å². The molecule has 0 radical (unpaired) electrons. The van der Waals surface area contributed by atoms with Gasteiger partial charge in [-0.1, -0.05) is 30.3 Å². The van der Waals surface area contributed by atoms with E-state index in [4.69, 9.17) is 4.74 Å². The number of rotatable bonds is 5. The maximum Gasteiger partial charge on any atom is 0.338 e. The maximum atomic E-state index is 12.8. The van der Waals surface area contributed by atoms with E-state index in [1.165, 1.54) is 0 Å². The van der Waals surface area contributed by atoms with Crippen LogP contribution in [0.2, 0.25) is 0 Å². The average molecular weight is 421 g/mol. The molecule has 0 aliphatic carbocycles. The van der Waals surface area contributed by atoms with E-state index in [1.54, 1.807) is 29.2 Å². The Balaban J connectivity index is 1.36. The summed E-state index contributed by atoms with van der Waals surface area (Å²) < 4.78 is 5.26. The normalized spacial score (nSPS) is 17.9. The van der Waals surface area contributed by atoms with Gasteiger partial charge in [0.1, 0.15) is 0 Å². The molecule has 2 heterocycles. The molecule has 0 aromatic heterocycles. The first-order valence-corrected chi connectivity index (χ1v) is 10.2. The quantitative estimate of drug-likeness (QED) is 0.590. The standard InChI is InChI=1S/C23H23N3O5/c1-15-6-9-17-4-2-3-5-19(17)26(15)21(28)14-31-22(29)18-10-7-16(8-11-18)13-25-20(27)12-24-23(25)30/h2-5,7-8,10-11,15H,6,9,12-14H2,1H3,(H,24,30). The second-order valence-electron chi connectivity index (χ2n) is 7.69. The Bertz CT molecular complexity index is 1020. The van der Waals surface area contributed by atoms with Gasteiger partial charge in [0.2, 0.25) is 5.91 Å². The molecule has 0 spiro atoms. The molecular formula is C23H23N3O5. The molecule has 8 heteroatoms. The number of carbonyl (C=O) groups excluding carboxylic acids is 4. The summed E-state index contributed by atoms with van der Waals surface area (Å²) >= 11 is 0. The van der Waals surface area contributed by atoms with Gasteiger partial charge in [0.05, 0.1) is 18.7 Å². The summed E-state index contributed by atoms with van der Waals surface area (Å²) in [6, 6.07) is 13.8. The van der Waals surface area contributed by atoms with Crippen molar-refractivity contribution in [1.82, 2.24) is 10.2 Å². The molecule has 0 bridgehead atoms. The smallest absolute Gasteiger partial charge is 0.338 e. The van der Waals surface area contributed by atoms with E-state index in [2.05, 4.69) is 5.32 Å². The summed E-state index contributed by atoms with van der Waals surface area (Å²) in [5.74, 6) is -1.16. The van der Waals surface area contributed by atoms with Crippen molar-refractivity contribution in [2.75, 3.05) is 18.1 Å². The molecule has 4 rings (SSSR count). The Hall–Kier alpha value is -3.68. The topological polar surface area (TPSA) is 96.0 Å². The largest absolute Gasteiger partial charge is 0.452 e. The van der Waals surface area contributed by atoms with Crippen LogP contribution in [0.3, 0.4) is 0 Å². The molecule has 2 aliphatic heterocycles. The summed E-state index contributed by atoms with van der Waals surface area (Å²) in [5.41, 5.74) is 2.98. The predicted octanol–water partition coefficient (Wildman–Crippen LogP) is 2.26. The number of amides is 4. The Kier molecular flexibility index (Phi) is 5.70. The van der Waals surface area contributed by atoms with Gasteiger partial charge < -0.3 is 15.0 Å². The first-order chi connectivity index (χ1) is 14.9. The lowest BCUT2D eigenvalue weighted by atomic mass is 9.96. The second-order valence-corrected chi connectivity index (χ2v) is 7.69. The fraction of sp³-hybridized carbons (Fsp3) is 0.304. The third-order valence-electron chi connectivity index (χ3n) is 5.59. The lowest BCUT2D eigenvalue weighted by molar-refractivity contribution is -0.125. The number of urea groups is 1. The van der Waals surface area contributed by atoms with Crippen LogP contribution in [0.15, 0.2) is 48.5 Å². The number of para-hydroxylation sites is 1. The van der Waals surface area contributed by atoms with Crippen LogP contribution >= 0.6 is 0 Å². The van der Waals surface area contributed by atoms with Crippen molar-refractivity contribution in [3.63, 3.8) is 0 Å². The average Bonchev–Trinajstić information content (AvgIpc) is 3.09. The molecule has 2 aromatic carbocycles. The van der Waals surface area contributed by atoms with E-state index < -0.39 is 12.0 Å². The molecule has 2 aliphatic rings. The van der Waals surface area contributed by atoms with Crippen LogP contribution in [0.25, 0.3) is 0 Å².